The number of terminal acetylenes is 1. The molecule has 5 unspecified atom stereocenters. The zero-order chi connectivity index (χ0) is 19.8. The molecule has 1 saturated carbocycles. The molecule has 0 N–H and O–H groups in total. The smallest absolute Gasteiger partial charge is 0.313 e. The second-order valence-electron chi connectivity index (χ2n) is 8.75. The van der Waals surface area contributed by atoms with E-state index in [9.17, 15) is 4.79 Å². The molecular weight excluding hydrogens is 340 g/mol. The van der Waals surface area contributed by atoms with E-state index in [-0.39, 0.29) is 30.8 Å². The van der Waals surface area contributed by atoms with Crippen LogP contribution in [0.4, 0.5) is 0 Å². The maximum absolute atomic E-state index is 12.5. The summed E-state index contributed by atoms with van der Waals surface area (Å²) in [6.07, 6.45) is 9.88. The van der Waals surface area contributed by atoms with Gasteiger partial charge in [0.05, 0.1) is 5.41 Å². The van der Waals surface area contributed by atoms with E-state index in [2.05, 4.69) is 26.7 Å². The predicted octanol–water partition coefficient (Wildman–Crippen LogP) is 5.55. The van der Waals surface area contributed by atoms with Gasteiger partial charge in [-0.15, -0.1) is 6.42 Å². The first-order valence-corrected chi connectivity index (χ1v) is 10.3. The Bertz CT molecular complexity index is 563. The Kier molecular flexibility index (Phi) is 7.58. The molecule has 4 nitrogen and oxygen atoms in total. The van der Waals surface area contributed by atoms with Crippen LogP contribution in [0.3, 0.4) is 0 Å². The Morgan fingerprint density at radius 1 is 1.15 bits per heavy atom. The van der Waals surface area contributed by atoms with Gasteiger partial charge in [-0.05, 0) is 64.7 Å². The van der Waals surface area contributed by atoms with Crippen LogP contribution in [-0.4, -0.2) is 23.3 Å². The molecule has 3 rings (SSSR count). The second kappa shape index (κ2) is 8.53. The first-order chi connectivity index (χ1) is 12.2. The van der Waals surface area contributed by atoms with Crippen LogP contribution in [0.2, 0.25) is 0 Å². The lowest BCUT2D eigenvalue weighted by Gasteiger charge is -2.58. The van der Waals surface area contributed by atoms with Crippen LogP contribution in [0.25, 0.3) is 0 Å². The topological polar surface area (TPSA) is 44.8 Å². The van der Waals surface area contributed by atoms with Crippen LogP contribution in [-0.2, 0) is 19.3 Å². The van der Waals surface area contributed by atoms with Crippen LogP contribution in [0, 0.1) is 35.5 Å². The molecule has 0 aromatic heterocycles. The summed E-state index contributed by atoms with van der Waals surface area (Å²) in [4.78, 5) is 24.8. The highest BCUT2D eigenvalue weighted by molar-refractivity contribution is 5.78. The standard InChI is InChI=1S/C20H30O4.C2H6.CH4/c1-7-16-20-14(11-12-19(6,8-2)23-24-20)13(3)9-10-15(20)18(4,5)17(21)22-16;1-2;/h1,13-16H,8-12H2,2-6H3;1-2H3;1H4/t13-,14?,15?,16?,19?,20?;;/m1../s1. The van der Waals surface area contributed by atoms with Crippen molar-refractivity contribution in [2.45, 2.75) is 105 Å². The van der Waals surface area contributed by atoms with Gasteiger partial charge < -0.3 is 4.74 Å². The molecule has 2 saturated heterocycles. The van der Waals surface area contributed by atoms with E-state index in [4.69, 9.17) is 20.9 Å². The molecule has 1 aliphatic carbocycles. The number of hydrogen-bond donors (Lipinski definition) is 0. The molecule has 2 aliphatic heterocycles. The fourth-order valence-electron chi connectivity index (χ4n) is 5.10. The molecule has 2 heterocycles. The van der Waals surface area contributed by atoms with E-state index in [1.54, 1.807) is 0 Å². The van der Waals surface area contributed by atoms with Gasteiger partial charge >= 0.3 is 5.97 Å². The largest absolute Gasteiger partial charge is 0.445 e. The minimum atomic E-state index is -0.739. The minimum absolute atomic E-state index is 0. The highest BCUT2D eigenvalue weighted by atomic mass is 17.2. The van der Waals surface area contributed by atoms with Crippen LogP contribution in [0.5, 0.6) is 0 Å². The van der Waals surface area contributed by atoms with Gasteiger partial charge in [-0.3, -0.25) is 4.79 Å². The summed E-state index contributed by atoms with van der Waals surface area (Å²) >= 11 is 0. The van der Waals surface area contributed by atoms with E-state index in [0.29, 0.717) is 5.92 Å². The van der Waals surface area contributed by atoms with Crippen molar-refractivity contribution in [2.24, 2.45) is 23.2 Å². The first kappa shape index (κ1) is 24.0. The number of hydrogen-bond acceptors (Lipinski definition) is 4. The lowest BCUT2D eigenvalue weighted by Crippen LogP contribution is -2.68. The lowest BCUT2D eigenvalue weighted by atomic mass is 9.52. The Hall–Kier alpha value is -1.05. The zero-order valence-electron chi connectivity index (χ0n) is 17.6. The molecule has 0 aromatic rings. The number of carbonyl (C=O) groups is 1. The SMILES string of the molecule is C.C#CC1OC(=O)C(C)(C)C2CC[C@@H](C)C3CCC(C)(CC)OOC132.CC. The molecular formula is C23H40O4. The van der Waals surface area contributed by atoms with Gasteiger partial charge in [-0.2, -0.15) is 0 Å². The minimum Gasteiger partial charge on any atom is -0.445 e. The molecule has 0 amide bonds. The van der Waals surface area contributed by atoms with Crippen LogP contribution < -0.4 is 0 Å². The quantitative estimate of drug-likeness (QED) is 0.340. The van der Waals surface area contributed by atoms with Gasteiger partial charge in [0.25, 0.3) is 0 Å². The fourth-order valence-corrected chi connectivity index (χ4v) is 5.10. The van der Waals surface area contributed by atoms with E-state index in [1.807, 2.05) is 27.7 Å². The molecule has 3 fully saturated rings. The average molecular weight is 381 g/mol. The van der Waals surface area contributed by atoms with Gasteiger partial charge in [0.2, 0.25) is 0 Å². The summed E-state index contributed by atoms with van der Waals surface area (Å²) in [5, 5.41) is 0. The van der Waals surface area contributed by atoms with Crippen molar-refractivity contribution in [1.82, 2.24) is 0 Å². The van der Waals surface area contributed by atoms with Crippen LogP contribution in [0.1, 0.15) is 88.0 Å². The van der Waals surface area contributed by atoms with Gasteiger partial charge in [0, 0.05) is 5.92 Å². The van der Waals surface area contributed by atoms with E-state index in [0.717, 1.165) is 32.1 Å². The van der Waals surface area contributed by atoms with Crippen molar-refractivity contribution in [2.75, 3.05) is 0 Å². The molecule has 0 aromatic carbocycles. The summed E-state index contributed by atoms with van der Waals surface area (Å²) in [7, 11) is 0. The van der Waals surface area contributed by atoms with Crippen LogP contribution >= 0.6 is 0 Å². The molecule has 27 heavy (non-hydrogen) atoms. The monoisotopic (exact) mass is 380 g/mol. The average Bonchev–Trinajstić information content (AvgIpc) is 2.79. The van der Waals surface area contributed by atoms with Gasteiger partial charge in [-0.25, -0.2) is 9.78 Å². The van der Waals surface area contributed by atoms with Gasteiger partial charge in [-0.1, -0.05) is 41.0 Å². The molecule has 6 atom stereocenters. The predicted molar refractivity (Wildman–Crippen MR) is 109 cm³/mol. The van der Waals surface area contributed by atoms with Crippen LogP contribution in [0.15, 0.2) is 0 Å². The Morgan fingerprint density at radius 2 is 1.78 bits per heavy atom. The van der Waals surface area contributed by atoms with E-state index < -0.39 is 17.1 Å². The molecule has 1 spiro atoms. The third kappa shape index (κ3) is 3.66. The number of carbonyl (C=O) groups excluding carboxylic acids is 1. The maximum atomic E-state index is 12.5. The van der Waals surface area contributed by atoms with Crippen molar-refractivity contribution < 1.29 is 19.3 Å². The third-order valence-corrected chi connectivity index (χ3v) is 7.02. The van der Waals surface area contributed by atoms with E-state index in [1.165, 1.54) is 0 Å². The Morgan fingerprint density at radius 3 is 2.33 bits per heavy atom. The summed E-state index contributed by atoms with van der Waals surface area (Å²) in [6, 6.07) is 0. The van der Waals surface area contributed by atoms with Crippen molar-refractivity contribution in [3.8, 4) is 12.3 Å². The van der Waals surface area contributed by atoms with Crippen molar-refractivity contribution >= 4 is 5.97 Å². The summed E-state index contributed by atoms with van der Waals surface area (Å²) in [5.74, 6) is 3.19. The Labute approximate surface area is 166 Å². The van der Waals surface area contributed by atoms with Crippen molar-refractivity contribution in [1.29, 1.82) is 0 Å². The first-order valence-electron chi connectivity index (χ1n) is 10.3. The molecule has 4 heteroatoms. The lowest BCUT2D eigenvalue weighted by molar-refractivity contribution is -0.445. The van der Waals surface area contributed by atoms with Crippen molar-refractivity contribution in [3.05, 3.63) is 0 Å². The number of rotatable bonds is 1. The number of esters is 1. The normalized spacial score (nSPS) is 42.5. The highest BCUT2D eigenvalue weighted by Gasteiger charge is 2.68. The molecule has 0 radical (unpaired) electrons. The third-order valence-electron chi connectivity index (χ3n) is 7.02. The second-order valence-corrected chi connectivity index (χ2v) is 8.75. The molecule has 0 bridgehead atoms. The molecule has 156 valence electrons. The van der Waals surface area contributed by atoms with Crippen molar-refractivity contribution in [3.63, 3.8) is 0 Å². The maximum Gasteiger partial charge on any atom is 0.313 e. The Balaban J connectivity index is 0.00000118. The fraction of sp³-hybridized carbons (Fsp3) is 0.870. The summed E-state index contributed by atoms with van der Waals surface area (Å²) in [5.41, 5.74) is -1.68. The zero-order valence-corrected chi connectivity index (χ0v) is 17.6. The van der Waals surface area contributed by atoms with Gasteiger partial charge in [0.1, 0.15) is 5.60 Å². The molecule has 3 aliphatic rings. The number of ether oxygens (including phenoxy) is 1. The van der Waals surface area contributed by atoms with Gasteiger partial charge in [0.15, 0.2) is 11.7 Å². The summed E-state index contributed by atoms with van der Waals surface area (Å²) < 4.78 is 5.71. The van der Waals surface area contributed by atoms with E-state index >= 15 is 0 Å². The number of cyclic esters (lactones) is 1. The summed E-state index contributed by atoms with van der Waals surface area (Å²) in [6.45, 7) is 14.4. The highest BCUT2D eigenvalue weighted by Crippen LogP contribution is 2.59.